The Balaban J connectivity index is 1.83. The Hall–Kier alpha value is -2.52. The first-order chi connectivity index (χ1) is 11.3. The third-order valence-corrected chi connectivity index (χ3v) is 4.57. The Morgan fingerprint density at radius 3 is 2.65 bits per heavy atom. The summed E-state index contributed by atoms with van der Waals surface area (Å²) in [4.78, 5) is 0. The maximum atomic E-state index is 6.37. The van der Waals surface area contributed by atoms with Crippen molar-refractivity contribution >= 4 is 10.8 Å². The normalized spacial score (nSPS) is 19.9. The minimum atomic E-state index is -0.0649. The number of fused-ring (bicyclic) bond motifs is 2. The molecule has 23 heavy (non-hydrogen) atoms. The Labute approximate surface area is 135 Å². The van der Waals surface area contributed by atoms with E-state index < -0.39 is 0 Å². The largest absolute Gasteiger partial charge is 0.493 e. The van der Waals surface area contributed by atoms with Gasteiger partial charge in [0.25, 0.3) is 0 Å². The predicted octanol–water partition coefficient (Wildman–Crippen LogP) is 3.14. The van der Waals surface area contributed by atoms with Crippen molar-refractivity contribution in [3.63, 3.8) is 0 Å². The molecule has 0 amide bonds. The van der Waals surface area contributed by atoms with E-state index in [0.717, 1.165) is 17.9 Å². The second-order valence-electron chi connectivity index (χ2n) is 6.02. The van der Waals surface area contributed by atoms with Crippen LogP contribution in [-0.2, 0) is 6.42 Å². The highest BCUT2D eigenvalue weighted by molar-refractivity contribution is 5.86. The SMILES string of the molecule is COc1cccc2c1O[C@@H](c1cccc3ccccc13)[C@@H]([NH3+])C2. The lowest BCUT2D eigenvalue weighted by Crippen LogP contribution is -2.66. The van der Waals surface area contributed by atoms with Crippen molar-refractivity contribution in [1.82, 2.24) is 0 Å². The van der Waals surface area contributed by atoms with Gasteiger partial charge in [-0.15, -0.1) is 0 Å². The van der Waals surface area contributed by atoms with Crippen molar-refractivity contribution in [1.29, 1.82) is 0 Å². The average Bonchev–Trinajstić information content (AvgIpc) is 2.60. The summed E-state index contributed by atoms with van der Waals surface area (Å²) in [6.45, 7) is 0. The van der Waals surface area contributed by atoms with E-state index in [1.54, 1.807) is 7.11 Å². The van der Waals surface area contributed by atoms with Crippen LogP contribution in [0.15, 0.2) is 60.7 Å². The van der Waals surface area contributed by atoms with Crippen LogP contribution in [0.2, 0.25) is 0 Å². The van der Waals surface area contributed by atoms with Gasteiger partial charge < -0.3 is 15.2 Å². The van der Waals surface area contributed by atoms with Crippen LogP contribution < -0.4 is 15.2 Å². The summed E-state index contributed by atoms with van der Waals surface area (Å²) < 4.78 is 11.8. The van der Waals surface area contributed by atoms with Crippen molar-refractivity contribution in [2.75, 3.05) is 7.11 Å². The van der Waals surface area contributed by atoms with Gasteiger partial charge in [0.1, 0.15) is 6.04 Å². The number of hydrogen-bond acceptors (Lipinski definition) is 2. The molecule has 0 aromatic heterocycles. The monoisotopic (exact) mass is 306 g/mol. The van der Waals surface area contributed by atoms with Crippen molar-refractivity contribution in [2.24, 2.45) is 0 Å². The standard InChI is InChI=1S/C20H19NO2/c1-22-18-11-5-8-14-12-17(21)20(23-19(14)18)16-10-4-7-13-6-2-3-9-15(13)16/h2-11,17,20H,12,21H2,1H3/p+1/t17-,20-/m0/s1. The first kappa shape index (κ1) is 14.1. The maximum Gasteiger partial charge on any atom is 0.176 e. The van der Waals surface area contributed by atoms with Crippen molar-refractivity contribution < 1.29 is 15.2 Å². The van der Waals surface area contributed by atoms with Crippen LogP contribution in [0.3, 0.4) is 0 Å². The number of para-hydroxylation sites is 1. The quantitative estimate of drug-likeness (QED) is 0.790. The van der Waals surface area contributed by atoms with Crippen molar-refractivity contribution in [3.8, 4) is 11.5 Å². The zero-order chi connectivity index (χ0) is 15.8. The van der Waals surface area contributed by atoms with E-state index in [0.29, 0.717) is 0 Å². The van der Waals surface area contributed by atoms with Gasteiger partial charge in [0.15, 0.2) is 17.6 Å². The lowest BCUT2D eigenvalue weighted by atomic mass is 9.90. The molecular formula is C20H20NO2+. The number of rotatable bonds is 2. The molecule has 0 bridgehead atoms. The molecule has 3 nitrogen and oxygen atoms in total. The molecule has 4 rings (SSSR count). The zero-order valence-corrected chi connectivity index (χ0v) is 13.2. The van der Waals surface area contributed by atoms with Gasteiger partial charge in [-0.3, -0.25) is 0 Å². The van der Waals surface area contributed by atoms with E-state index in [1.807, 2.05) is 12.1 Å². The van der Waals surface area contributed by atoms with E-state index in [2.05, 4.69) is 54.3 Å². The van der Waals surface area contributed by atoms with Crippen LogP contribution >= 0.6 is 0 Å². The van der Waals surface area contributed by atoms with Crippen molar-refractivity contribution in [2.45, 2.75) is 18.6 Å². The number of hydrogen-bond donors (Lipinski definition) is 1. The fraction of sp³-hybridized carbons (Fsp3) is 0.200. The maximum absolute atomic E-state index is 6.37. The van der Waals surface area contributed by atoms with Crippen LogP contribution in [0.1, 0.15) is 17.2 Å². The summed E-state index contributed by atoms with van der Waals surface area (Å²) in [7, 11) is 1.68. The third-order valence-electron chi connectivity index (χ3n) is 4.57. The van der Waals surface area contributed by atoms with E-state index >= 15 is 0 Å². The number of benzene rings is 3. The van der Waals surface area contributed by atoms with Gasteiger partial charge in [0.2, 0.25) is 0 Å². The highest BCUT2D eigenvalue weighted by Gasteiger charge is 2.34. The molecule has 0 saturated carbocycles. The summed E-state index contributed by atoms with van der Waals surface area (Å²) in [5, 5.41) is 2.46. The molecule has 3 aromatic carbocycles. The average molecular weight is 306 g/mol. The van der Waals surface area contributed by atoms with E-state index in [-0.39, 0.29) is 12.1 Å². The molecule has 0 unspecified atom stereocenters. The second-order valence-corrected chi connectivity index (χ2v) is 6.02. The zero-order valence-electron chi connectivity index (χ0n) is 13.2. The smallest absolute Gasteiger partial charge is 0.176 e. The van der Waals surface area contributed by atoms with Crippen molar-refractivity contribution in [3.05, 3.63) is 71.8 Å². The molecule has 3 N–H and O–H groups in total. The minimum absolute atomic E-state index is 0.0649. The molecule has 3 heteroatoms. The molecule has 1 heterocycles. The van der Waals surface area contributed by atoms with Gasteiger partial charge in [-0.05, 0) is 16.8 Å². The summed E-state index contributed by atoms with van der Waals surface area (Å²) in [6, 6.07) is 21.0. The summed E-state index contributed by atoms with van der Waals surface area (Å²) in [5.74, 6) is 1.65. The Kier molecular flexibility index (Phi) is 3.43. The van der Waals surface area contributed by atoms with Crippen LogP contribution in [0.4, 0.5) is 0 Å². The molecule has 1 aliphatic heterocycles. The van der Waals surface area contributed by atoms with Gasteiger partial charge in [0.05, 0.1) is 7.11 Å². The predicted molar refractivity (Wildman–Crippen MR) is 90.7 cm³/mol. The minimum Gasteiger partial charge on any atom is -0.493 e. The topological polar surface area (TPSA) is 46.1 Å². The molecule has 0 aliphatic carbocycles. The molecule has 116 valence electrons. The molecule has 3 aromatic rings. The Morgan fingerprint density at radius 2 is 1.78 bits per heavy atom. The van der Waals surface area contributed by atoms with Crippen LogP contribution in [0, 0.1) is 0 Å². The van der Waals surface area contributed by atoms with Gasteiger partial charge in [-0.25, -0.2) is 0 Å². The highest BCUT2D eigenvalue weighted by Crippen LogP contribution is 2.41. The number of ether oxygens (including phenoxy) is 2. The van der Waals surface area contributed by atoms with Gasteiger partial charge in [-0.2, -0.15) is 0 Å². The van der Waals surface area contributed by atoms with E-state index in [4.69, 9.17) is 9.47 Å². The van der Waals surface area contributed by atoms with Crippen LogP contribution in [-0.4, -0.2) is 13.2 Å². The number of quaternary nitrogens is 1. The highest BCUT2D eigenvalue weighted by atomic mass is 16.5. The van der Waals surface area contributed by atoms with E-state index in [1.165, 1.54) is 21.9 Å². The second kappa shape index (κ2) is 5.60. The fourth-order valence-corrected chi connectivity index (χ4v) is 3.45. The molecule has 0 radical (unpaired) electrons. The molecule has 0 saturated heterocycles. The number of methoxy groups -OCH3 is 1. The Morgan fingerprint density at radius 1 is 1.00 bits per heavy atom. The van der Waals surface area contributed by atoms with Crippen LogP contribution in [0.5, 0.6) is 11.5 Å². The fourth-order valence-electron chi connectivity index (χ4n) is 3.45. The molecule has 0 fully saturated rings. The first-order valence-corrected chi connectivity index (χ1v) is 7.91. The van der Waals surface area contributed by atoms with E-state index in [9.17, 15) is 0 Å². The summed E-state index contributed by atoms with van der Waals surface area (Å²) in [5.41, 5.74) is 6.71. The molecule has 1 aliphatic rings. The lowest BCUT2D eigenvalue weighted by molar-refractivity contribution is -0.438. The Bertz CT molecular complexity index is 854. The third kappa shape index (κ3) is 2.34. The summed E-state index contributed by atoms with van der Waals surface area (Å²) >= 11 is 0. The molecule has 2 atom stereocenters. The van der Waals surface area contributed by atoms with Gasteiger partial charge >= 0.3 is 0 Å². The molecular weight excluding hydrogens is 286 g/mol. The van der Waals surface area contributed by atoms with Crippen LogP contribution in [0.25, 0.3) is 10.8 Å². The lowest BCUT2D eigenvalue weighted by Gasteiger charge is -2.31. The summed E-state index contributed by atoms with van der Waals surface area (Å²) in [6.07, 6.45) is 0.824. The van der Waals surface area contributed by atoms with Gasteiger partial charge in [-0.1, -0.05) is 54.6 Å². The first-order valence-electron chi connectivity index (χ1n) is 7.91. The molecule has 0 spiro atoms. The van der Waals surface area contributed by atoms with Gasteiger partial charge in [0, 0.05) is 17.5 Å².